The summed E-state index contributed by atoms with van der Waals surface area (Å²) >= 11 is 0. The van der Waals surface area contributed by atoms with Crippen LogP contribution < -0.4 is 5.32 Å². The Hall–Kier alpha value is -1.64. The fourth-order valence-electron chi connectivity index (χ4n) is 2.22. The third-order valence-corrected chi connectivity index (χ3v) is 3.47. The molecule has 0 amide bonds. The Kier molecular flexibility index (Phi) is 4.94. The highest BCUT2D eigenvalue weighted by Gasteiger charge is 2.18. The van der Waals surface area contributed by atoms with Gasteiger partial charge >= 0.3 is 0 Å². The van der Waals surface area contributed by atoms with E-state index in [9.17, 15) is 0 Å². The molecule has 2 rings (SSSR count). The van der Waals surface area contributed by atoms with Crippen molar-refractivity contribution in [2.75, 3.05) is 38.6 Å². The van der Waals surface area contributed by atoms with Gasteiger partial charge in [-0.1, -0.05) is 13.8 Å². The van der Waals surface area contributed by atoms with E-state index in [-0.39, 0.29) is 6.10 Å². The van der Waals surface area contributed by atoms with E-state index >= 15 is 0 Å². The highest BCUT2D eigenvalue weighted by atomic mass is 16.5. The number of anilines is 1. The Labute approximate surface area is 120 Å². The Balaban J connectivity index is 2.04. The molecule has 0 bridgehead atoms. The number of nitrogens with zero attached hydrogens (tertiary/aromatic N) is 3. The number of hydrogen-bond acceptors (Lipinski definition) is 5. The van der Waals surface area contributed by atoms with E-state index in [0.29, 0.717) is 23.8 Å². The number of nitrogens with one attached hydrogen (secondary N) is 1. The molecule has 1 aliphatic heterocycles. The minimum Gasteiger partial charge on any atom is -0.374 e. The molecule has 1 fully saturated rings. The second-order valence-corrected chi connectivity index (χ2v) is 5.53. The largest absolute Gasteiger partial charge is 0.374 e. The first kappa shape index (κ1) is 14.8. The first-order chi connectivity index (χ1) is 9.60. The van der Waals surface area contributed by atoms with Crippen LogP contribution in [0.25, 0.3) is 0 Å². The van der Waals surface area contributed by atoms with Gasteiger partial charge in [0.1, 0.15) is 11.9 Å². The minimum atomic E-state index is 0.143. The summed E-state index contributed by atoms with van der Waals surface area (Å²) in [5, 5.41) is 12.4. The maximum atomic E-state index is 9.16. The van der Waals surface area contributed by atoms with E-state index in [4.69, 9.17) is 10.00 Å². The van der Waals surface area contributed by atoms with E-state index in [1.54, 1.807) is 0 Å². The van der Waals surface area contributed by atoms with Crippen molar-refractivity contribution >= 4 is 5.82 Å². The van der Waals surface area contributed by atoms with E-state index in [0.717, 1.165) is 25.4 Å². The van der Waals surface area contributed by atoms with Gasteiger partial charge in [-0.15, -0.1) is 0 Å². The smallest absolute Gasteiger partial charge is 0.144 e. The number of hydrogen-bond donors (Lipinski definition) is 1. The second-order valence-electron chi connectivity index (χ2n) is 5.53. The molecule has 0 saturated carbocycles. The van der Waals surface area contributed by atoms with Gasteiger partial charge in [-0.05, 0) is 25.1 Å². The fraction of sp³-hybridized carbons (Fsp3) is 0.600. The molecule has 0 radical (unpaired) electrons. The van der Waals surface area contributed by atoms with Gasteiger partial charge in [0.2, 0.25) is 0 Å². The van der Waals surface area contributed by atoms with Crippen molar-refractivity contribution in [3.63, 3.8) is 0 Å². The summed E-state index contributed by atoms with van der Waals surface area (Å²) in [7, 11) is 2.09. The highest BCUT2D eigenvalue weighted by Crippen LogP contribution is 2.18. The number of rotatable bonds is 4. The van der Waals surface area contributed by atoms with E-state index < -0.39 is 0 Å². The van der Waals surface area contributed by atoms with E-state index in [2.05, 4.69) is 42.2 Å². The molecular formula is C15H22N4O. The van der Waals surface area contributed by atoms with Crippen molar-refractivity contribution in [3.8, 4) is 6.07 Å². The standard InChI is InChI=1S/C15H22N4O/c1-11(2)14-5-4-12(8-16)15(18-14)17-9-13-10-19(3)6-7-20-13/h4-5,11,13H,6-7,9-10H2,1-3H3,(H,17,18)/t13-/m0/s1. The SMILES string of the molecule is CC(C)c1ccc(C#N)c(NC[C@H]2CN(C)CCO2)n1. The normalized spacial score (nSPS) is 19.9. The Morgan fingerprint density at radius 3 is 3.00 bits per heavy atom. The van der Waals surface area contributed by atoms with Crippen LogP contribution in [0, 0.1) is 11.3 Å². The first-order valence-electron chi connectivity index (χ1n) is 7.05. The van der Waals surface area contributed by atoms with Gasteiger partial charge in [0.05, 0.1) is 18.3 Å². The van der Waals surface area contributed by atoms with Crippen molar-refractivity contribution in [3.05, 3.63) is 23.4 Å². The van der Waals surface area contributed by atoms with Crippen LogP contribution in [0.4, 0.5) is 5.82 Å². The van der Waals surface area contributed by atoms with Crippen molar-refractivity contribution in [1.82, 2.24) is 9.88 Å². The zero-order valence-electron chi connectivity index (χ0n) is 12.4. The number of morpholine rings is 1. The predicted octanol–water partition coefficient (Wildman–Crippen LogP) is 1.82. The van der Waals surface area contributed by atoms with Crippen LogP contribution in [0.1, 0.15) is 31.0 Å². The van der Waals surface area contributed by atoms with Gasteiger partial charge in [0.25, 0.3) is 0 Å². The molecule has 1 aliphatic rings. The highest BCUT2D eigenvalue weighted by molar-refractivity contribution is 5.52. The summed E-state index contributed by atoms with van der Waals surface area (Å²) < 4.78 is 5.71. The molecule has 5 heteroatoms. The molecule has 1 aromatic heterocycles. The molecular weight excluding hydrogens is 252 g/mol. The lowest BCUT2D eigenvalue weighted by atomic mass is 10.1. The van der Waals surface area contributed by atoms with Gasteiger partial charge in [-0.25, -0.2) is 4.98 Å². The predicted molar refractivity (Wildman–Crippen MR) is 78.8 cm³/mol. The van der Waals surface area contributed by atoms with Crippen LogP contribution in [0.2, 0.25) is 0 Å². The van der Waals surface area contributed by atoms with Gasteiger partial charge in [0, 0.05) is 25.3 Å². The van der Waals surface area contributed by atoms with Crippen molar-refractivity contribution < 1.29 is 4.74 Å². The van der Waals surface area contributed by atoms with Crippen LogP contribution in [-0.4, -0.2) is 49.3 Å². The maximum Gasteiger partial charge on any atom is 0.144 e. The molecule has 0 unspecified atom stereocenters. The van der Waals surface area contributed by atoms with Gasteiger partial charge in [-0.2, -0.15) is 5.26 Å². The summed E-state index contributed by atoms with van der Waals surface area (Å²) in [5.41, 5.74) is 1.58. The number of likely N-dealkylation sites (N-methyl/N-ethyl adjacent to an activating group) is 1. The molecule has 1 atom stereocenters. The molecule has 0 aliphatic carbocycles. The first-order valence-corrected chi connectivity index (χ1v) is 7.05. The number of nitriles is 1. The van der Waals surface area contributed by atoms with Crippen molar-refractivity contribution in [2.24, 2.45) is 0 Å². The summed E-state index contributed by atoms with van der Waals surface area (Å²) in [4.78, 5) is 6.79. The monoisotopic (exact) mass is 274 g/mol. The zero-order valence-corrected chi connectivity index (χ0v) is 12.4. The summed E-state index contributed by atoms with van der Waals surface area (Å²) in [5.74, 6) is 1.01. The molecule has 1 saturated heterocycles. The zero-order chi connectivity index (χ0) is 14.5. The molecule has 5 nitrogen and oxygen atoms in total. The van der Waals surface area contributed by atoms with E-state index in [1.165, 1.54) is 0 Å². The third-order valence-electron chi connectivity index (χ3n) is 3.47. The molecule has 0 aromatic carbocycles. The van der Waals surface area contributed by atoms with Crippen LogP contribution >= 0.6 is 0 Å². The Bertz CT molecular complexity index is 495. The average Bonchev–Trinajstić information content (AvgIpc) is 2.44. The average molecular weight is 274 g/mol. The topological polar surface area (TPSA) is 61.2 Å². The van der Waals surface area contributed by atoms with Crippen LogP contribution in [0.15, 0.2) is 12.1 Å². The quantitative estimate of drug-likeness (QED) is 0.907. The molecule has 20 heavy (non-hydrogen) atoms. The summed E-state index contributed by atoms with van der Waals surface area (Å²) in [6.07, 6.45) is 0.143. The van der Waals surface area contributed by atoms with E-state index in [1.807, 2.05) is 12.1 Å². The third kappa shape index (κ3) is 3.69. The summed E-state index contributed by atoms with van der Waals surface area (Å²) in [6, 6.07) is 5.93. The summed E-state index contributed by atoms with van der Waals surface area (Å²) in [6.45, 7) is 7.50. The Morgan fingerprint density at radius 2 is 2.35 bits per heavy atom. The lowest BCUT2D eigenvalue weighted by Crippen LogP contribution is -2.43. The van der Waals surface area contributed by atoms with Crippen molar-refractivity contribution in [2.45, 2.75) is 25.9 Å². The van der Waals surface area contributed by atoms with Crippen LogP contribution in [0.5, 0.6) is 0 Å². The molecule has 1 aromatic rings. The van der Waals surface area contributed by atoms with Gasteiger partial charge < -0.3 is 15.0 Å². The molecule has 1 N–H and O–H groups in total. The molecule has 2 heterocycles. The van der Waals surface area contributed by atoms with Gasteiger partial charge in [0.15, 0.2) is 0 Å². The number of pyridine rings is 1. The number of aromatic nitrogens is 1. The minimum absolute atomic E-state index is 0.143. The lowest BCUT2D eigenvalue weighted by molar-refractivity contribution is -0.0117. The van der Waals surface area contributed by atoms with Crippen LogP contribution in [-0.2, 0) is 4.74 Å². The molecule has 0 spiro atoms. The number of ether oxygens (including phenoxy) is 1. The van der Waals surface area contributed by atoms with Crippen molar-refractivity contribution in [1.29, 1.82) is 5.26 Å². The maximum absolute atomic E-state index is 9.16. The van der Waals surface area contributed by atoms with Gasteiger partial charge in [-0.3, -0.25) is 0 Å². The Morgan fingerprint density at radius 1 is 1.55 bits per heavy atom. The fourth-order valence-corrected chi connectivity index (χ4v) is 2.22. The lowest BCUT2D eigenvalue weighted by Gasteiger charge is -2.30. The molecule has 108 valence electrons. The second kappa shape index (κ2) is 6.69. The van der Waals surface area contributed by atoms with Crippen LogP contribution in [0.3, 0.4) is 0 Å².